The van der Waals surface area contributed by atoms with Crippen LogP contribution < -0.4 is 20.3 Å². The fourth-order valence-electron chi connectivity index (χ4n) is 4.45. The van der Waals surface area contributed by atoms with E-state index in [1.807, 2.05) is 47.4 Å². The van der Waals surface area contributed by atoms with Crippen LogP contribution in [0.2, 0.25) is 0 Å². The molecule has 0 aliphatic carbocycles. The number of hydrogen-bond donors (Lipinski definition) is 2. The van der Waals surface area contributed by atoms with Gasteiger partial charge in [0.1, 0.15) is 24.2 Å². The van der Waals surface area contributed by atoms with E-state index in [1.54, 1.807) is 31.1 Å². The fourth-order valence-corrected chi connectivity index (χ4v) is 5.58. The van der Waals surface area contributed by atoms with Crippen LogP contribution in [0.4, 0.5) is 11.4 Å². The largest absolute Gasteiger partial charge is 0.495 e. The number of nitrogens with one attached hydrogen (secondary N) is 2. The van der Waals surface area contributed by atoms with Crippen LogP contribution in [-0.4, -0.2) is 36.8 Å². The Bertz CT molecular complexity index is 1460. The zero-order valence-corrected chi connectivity index (χ0v) is 23.3. The lowest BCUT2D eigenvalue weighted by atomic mass is 10.0. The van der Waals surface area contributed by atoms with Crippen LogP contribution in [0.5, 0.6) is 5.75 Å². The van der Waals surface area contributed by atoms with Gasteiger partial charge in [0.25, 0.3) is 0 Å². The standard InChI is InChI=1S/C29H28N4O4S2/c1-18-7-10-20(11-8-18)39-26-14-13-24(37-26)28-27(21-6-4-5-15-30-21)32-29(38)33(28)19-9-12-23(36-3)22(16-19)31-25(34)17-35-2/h4-16,27-28H,17H2,1-3H3,(H,31,34)(H,32,38)/t27-,28+/m0/s1. The Morgan fingerprint density at radius 1 is 1.13 bits per heavy atom. The molecule has 0 spiro atoms. The van der Waals surface area contributed by atoms with Gasteiger partial charge in [0.2, 0.25) is 5.91 Å². The third-order valence-electron chi connectivity index (χ3n) is 6.24. The molecule has 2 aromatic heterocycles. The maximum Gasteiger partial charge on any atom is 0.250 e. The summed E-state index contributed by atoms with van der Waals surface area (Å²) in [5, 5.41) is 7.57. The fraction of sp³-hybridized carbons (Fsp3) is 0.207. The number of amides is 1. The summed E-state index contributed by atoms with van der Waals surface area (Å²) in [6.45, 7) is 1.99. The smallest absolute Gasteiger partial charge is 0.250 e. The minimum atomic E-state index is -0.337. The number of furan rings is 1. The van der Waals surface area contributed by atoms with E-state index in [2.05, 4.69) is 46.8 Å². The quantitative estimate of drug-likeness (QED) is 0.243. The average Bonchev–Trinajstić information content (AvgIpc) is 3.54. The number of aromatic nitrogens is 1. The first-order chi connectivity index (χ1) is 19.0. The second-order valence-electron chi connectivity index (χ2n) is 8.93. The molecule has 2 aromatic carbocycles. The van der Waals surface area contributed by atoms with Crippen molar-refractivity contribution in [2.75, 3.05) is 31.0 Å². The van der Waals surface area contributed by atoms with Crippen molar-refractivity contribution in [3.05, 3.63) is 96.0 Å². The Balaban J connectivity index is 1.52. The van der Waals surface area contributed by atoms with Gasteiger partial charge < -0.3 is 29.4 Å². The van der Waals surface area contributed by atoms with Gasteiger partial charge >= 0.3 is 0 Å². The predicted octanol–water partition coefficient (Wildman–Crippen LogP) is 5.90. The number of rotatable bonds is 9. The molecular formula is C29H28N4O4S2. The summed E-state index contributed by atoms with van der Waals surface area (Å²) in [6.07, 6.45) is 1.76. The monoisotopic (exact) mass is 560 g/mol. The second-order valence-corrected chi connectivity index (χ2v) is 10.4. The highest BCUT2D eigenvalue weighted by atomic mass is 32.2. The Labute approximate surface area is 236 Å². The third kappa shape index (κ3) is 5.93. The number of pyridine rings is 1. The number of ether oxygens (including phenoxy) is 2. The first-order valence-corrected chi connectivity index (χ1v) is 13.5. The van der Waals surface area contributed by atoms with Crippen molar-refractivity contribution < 1.29 is 18.7 Å². The molecule has 1 saturated heterocycles. The van der Waals surface area contributed by atoms with Gasteiger partial charge in [0, 0.05) is 23.9 Å². The average molecular weight is 561 g/mol. The highest BCUT2D eigenvalue weighted by Gasteiger charge is 2.42. The summed E-state index contributed by atoms with van der Waals surface area (Å²) in [4.78, 5) is 20.0. The number of thiocarbonyl (C=S) groups is 1. The van der Waals surface area contributed by atoms with Crippen LogP contribution in [0, 0.1) is 6.92 Å². The number of benzene rings is 2. The first kappa shape index (κ1) is 26.7. The number of aryl methyl sites for hydroxylation is 1. The molecule has 3 heterocycles. The molecule has 0 radical (unpaired) electrons. The van der Waals surface area contributed by atoms with Gasteiger partial charge in [-0.05, 0) is 73.7 Å². The van der Waals surface area contributed by atoms with Gasteiger partial charge in [-0.2, -0.15) is 0 Å². The number of methoxy groups -OCH3 is 2. The molecule has 2 atom stereocenters. The highest BCUT2D eigenvalue weighted by Crippen LogP contribution is 2.44. The van der Waals surface area contributed by atoms with Crippen molar-refractivity contribution >= 4 is 46.4 Å². The molecule has 1 amide bonds. The molecule has 1 aliphatic heterocycles. The Kier molecular flexibility index (Phi) is 8.16. The molecule has 1 fully saturated rings. The Morgan fingerprint density at radius 2 is 1.95 bits per heavy atom. The van der Waals surface area contributed by atoms with E-state index in [9.17, 15) is 4.79 Å². The van der Waals surface area contributed by atoms with Gasteiger partial charge in [-0.15, -0.1) is 0 Å². The SMILES string of the molecule is COCC(=O)Nc1cc(N2C(=S)N[C@@H](c3ccccn3)[C@H]2c2ccc(Sc3ccc(C)cc3)o2)ccc1OC. The van der Waals surface area contributed by atoms with Crippen molar-refractivity contribution in [2.24, 2.45) is 0 Å². The van der Waals surface area contributed by atoms with E-state index in [0.717, 1.165) is 27.1 Å². The normalized spacial score (nSPS) is 16.7. The summed E-state index contributed by atoms with van der Waals surface area (Å²) in [5.74, 6) is 0.962. The Morgan fingerprint density at radius 3 is 2.67 bits per heavy atom. The molecule has 5 rings (SSSR count). The lowest BCUT2D eigenvalue weighted by Crippen LogP contribution is -2.29. The predicted molar refractivity (Wildman–Crippen MR) is 155 cm³/mol. The molecule has 0 bridgehead atoms. The maximum absolute atomic E-state index is 12.3. The zero-order chi connectivity index (χ0) is 27.4. The van der Waals surface area contributed by atoms with E-state index in [-0.39, 0.29) is 24.6 Å². The number of anilines is 2. The van der Waals surface area contributed by atoms with E-state index < -0.39 is 0 Å². The van der Waals surface area contributed by atoms with Gasteiger partial charge in [-0.1, -0.05) is 35.5 Å². The number of carbonyl (C=O) groups is 1. The van der Waals surface area contributed by atoms with Gasteiger partial charge in [-0.3, -0.25) is 9.78 Å². The third-order valence-corrected chi connectivity index (χ3v) is 7.48. The molecule has 10 heteroatoms. The summed E-state index contributed by atoms with van der Waals surface area (Å²) >= 11 is 7.40. The number of hydrogen-bond acceptors (Lipinski definition) is 7. The van der Waals surface area contributed by atoms with Crippen LogP contribution in [0.25, 0.3) is 0 Å². The Hall–Kier alpha value is -3.86. The van der Waals surface area contributed by atoms with E-state index in [1.165, 1.54) is 12.7 Å². The van der Waals surface area contributed by atoms with Crippen LogP contribution >= 0.6 is 24.0 Å². The molecule has 4 aromatic rings. The van der Waals surface area contributed by atoms with E-state index in [4.69, 9.17) is 26.1 Å². The van der Waals surface area contributed by atoms with Crippen LogP contribution in [0.1, 0.15) is 29.1 Å². The van der Waals surface area contributed by atoms with Crippen molar-refractivity contribution in [1.82, 2.24) is 10.3 Å². The van der Waals surface area contributed by atoms with Crippen LogP contribution in [-0.2, 0) is 9.53 Å². The topological polar surface area (TPSA) is 88.9 Å². The van der Waals surface area contributed by atoms with Crippen LogP contribution in [0.15, 0.2) is 93.4 Å². The van der Waals surface area contributed by atoms with Crippen LogP contribution in [0.3, 0.4) is 0 Å². The molecule has 200 valence electrons. The van der Waals surface area contributed by atoms with Gasteiger partial charge in [-0.25, -0.2) is 0 Å². The lowest BCUT2D eigenvalue weighted by molar-refractivity contribution is -0.119. The molecule has 2 N–H and O–H groups in total. The van der Waals surface area contributed by atoms with Gasteiger partial charge in [0.15, 0.2) is 10.2 Å². The zero-order valence-electron chi connectivity index (χ0n) is 21.7. The summed E-state index contributed by atoms with van der Waals surface area (Å²) in [5.41, 5.74) is 3.30. The molecule has 0 saturated carbocycles. The molecule has 8 nitrogen and oxygen atoms in total. The molecule has 1 aliphatic rings. The lowest BCUT2D eigenvalue weighted by Gasteiger charge is -2.27. The number of carbonyl (C=O) groups excluding carboxylic acids is 1. The van der Waals surface area contributed by atoms with Crippen molar-refractivity contribution in [1.29, 1.82) is 0 Å². The molecular weight excluding hydrogens is 532 g/mol. The van der Waals surface area contributed by atoms with Crippen molar-refractivity contribution in [2.45, 2.75) is 29.0 Å². The molecule has 0 unspecified atom stereocenters. The van der Waals surface area contributed by atoms with E-state index in [0.29, 0.717) is 16.5 Å². The minimum Gasteiger partial charge on any atom is -0.495 e. The van der Waals surface area contributed by atoms with E-state index >= 15 is 0 Å². The second kappa shape index (κ2) is 11.9. The van der Waals surface area contributed by atoms with Crippen molar-refractivity contribution in [3.8, 4) is 5.75 Å². The summed E-state index contributed by atoms with van der Waals surface area (Å²) in [6, 6.07) is 23.0. The maximum atomic E-state index is 12.3. The summed E-state index contributed by atoms with van der Waals surface area (Å²) in [7, 11) is 3.03. The van der Waals surface area contributed by atoms with Gasteiger partial charge in [0.05, 0.1) is 24.5 Å². The summed E-state index contributed by atoms with van der Waals surface area (Å²) < 4.78 is 16.9. The highest BCUT2D eigenvalue weighted by molar-refractivity contribution is 7.99. The first-order valence-electron chi connectivity index (χ1n) is 12.3. The van der Waals surface area contributed by atoms with Crippen molar-refractivity contribution in [3.63, 3.8) is 0 Å². The number of nitrogens with zero attached hydrogens (tertiary/aromatic N) is 2. The molecule has 39 heavy (non-hydrogen) atoms. The minimum absolute atomic E-state index is 0.0741.